The van der Waals surface area contributed by atoms with Gasteiger partial charge in [0.25, 0.3) is 5.91 Å². The summed E-state index contributed by atoms with van der Waals surface area (Å²) >= 11 is 0. The Kier molecular flexibility index (Phi) is 4.43. The molecule has 1 aromatic rings. The van der Waals surface area contributed by atoms with Crippen molar-refractivity contribution in [2.24, 2.45) is 5.92 Å². The van der Waals surface area contributed by atoms with Crippen molar-refractivity contribution in [1.29, 1.82) is 0 Å². The highest BCUT2D eigenvalue weighted by Crippen LogP contribution is 2.46. The van der Waals surface area contributed by atoms with Gasteiger partial charge in [0.2, 0.25) is 0 Å². The molecule has 144 valence electrons. The molecular weight excluding hydrogens is 338 g/mol. The minimum Gasteiger partial charge on any atom is -0.310 e. The molecule has 1 unspecified atom stereocenters. The summed E-state index contributed by atoms with van der Waals surface area (Å²) in [7, 11) is 0. The topological polar surface area (TPSA) is 43.9 Å². The molecule has 4 fully saturated rings. The summed E-state index contributed by atoms with van der Waals surface area (Å²) in [5.74, 6) is 1.13. The van der Waals surface area contributed by atoms with Crippen LogP contribution in [0.2, 0.25) is 0 Å². The molecule has 5 rings (SSSR count). The van der Waals surface area contributed by atoms with Crippen molar-refractivity contribution in [1.82, 2.24) is 14.7 Å². The van der Waals surface area contributed by atoms with E-state index in [1.165, 1.54) is 37.7 Å². The summed E-state index contributed by atoms with van der Waals surface area (Å²) in [5, 5.41) is 0. The molecule has 3 atom stereocenters. The maximum atomic E-state index is 13.1. The summed E-state index contributed by atoms with van der Waals surface area (Å²) < 4.78 is 0. The van der Waals surface area contributed by atoms with E-state index >= 15 is 0 Å². The molecule has 1 aromatic carbocycles. The number of amides is 3. The average molecular weight is 367 g/mol. The van der Waals surface area contributed by atoms with Gasteiger partial charge in [0.1, 0.15) is 6.04 Å². The van der Waals surface area contributed by atoms with Crippen LogP contribution in [0.15, 0.2) is 30.3 Å². The number of piperazine rings is 1. The van der Waals surface area contributed by atoms with Gasteiger partial charge < -0.3 is 4.90 Å². The summed E-state index contributed by atoms with van der Waals surface area (Å²) in [4.78, 5) is 31.9. The molecule has 3 amide bonds. The van der Waals surface area contributed by atoms with Crippen molar-refractivity contribution in [2.45, 2.75) is 56.5 Å². The summed E-state index contributed by atoms with van der Waals surface area (Å²) in [6.45, 7) is 3.43. The predicted octanol–water partition coefficient (Wildman–Crippen LogP) is 3.07. The van der Waals surface area contributed by atoms with E-state index in [0.29, 0.717) is 12.5 Å². The zero-order valence-electron chi connectivity index (χ0n) is 15.9. The second-order valence-electron chi connectivity index (χ2n) is 8.78. The first-order valence-electron chi connectivity index (χ1n) is 10.6. The van der Waals surface area contributed by atoms with E-state index in [4.69, 9.17) is 0 Å². The highest BCUT2D eigenvalue weighted by Gasteiger charge is 2.56. The predicted molar refractivity (Wildman–Crippen MR) is 103 cm³/mol. The van der Waals surface area contributed by atoms with E-state index in [0.717, 1.165) is 32.0 Å². The van der Waals surface area contributed by atoms with Crippen molar-refractivity contribution in [2.75, 3.05) is 26.2 Å². The zero-order valence-corrected chi connectivity index (χ0v) is 15.9. The fraction of sp³-hybridized carbons (Fsp3) is 0.636. The van der Waals surface area contributed by atoms with Gasteiger partial charge in [-0.05, 0) is 30.7 Å². The van der Waals surface area contributed by atoms with Crippen molar-refractivity contribution >= 4 is 11.9 Å². The van der Waals surface area contributed by atoms with Gasteiger partial charge in [-0.1, -0.05) is 49.6 Å². The number of benzene rings is 1. The lowest BCUT2D eigenvalue weighted by molar-refractivity contribution is -0.130. The maximum absolute atomic E-state index is 13.1. The smallest absolute Gasteiger partial charge is 0.310 e. The lowest BCUT2D eigenvalue weighted by Crippen LogP contribution is -2.54. The largest absolute Gasteiger partial charge is 0.327 e. The van der Waals surface area contributed by atoms with Gasteiger partial charge in [-0.2, -0.15) is 0 Å². The SMILES string of the molecule is O=C1C2CN(CC3CCCCC3)CCN2C(=O)N1[C@H]1C[C@@H]1c1ccccc1. The summed E-state index contributed by atoms with van der Waals surface area (Å²) in [5.41, 5.74) is 1.24. The standard InChI is InChI=1S/C22H29N3O2/c26-21-20-15-23(14-16-7-3-1-4-8-16)11-12-24(20)22(27)25(21)19-13-18(19)17-9-5-2-6-10-17/h2,5-6,9-10,16,18-20H,1,3-4,7-8,11-15H2/t18-,19+,20?/m1/s1. The number of nitrogens with zero attached hydrogens (tertiary/aromatic N) is 3. The van der Waals surface area contributed by atoms with Crippen LogP contribution in [-0.2, 0) is 4.79 Å². The van der Waals surface area contributed by atoms with Crippen molar-refractivity contribution in [3.63, 3.8) is 0 Å². The molecule has 2 aliphatic heterocycles. The molecule has 4 aliphatic rings. The van der Waals surface area contributed by atoms with Gasteiger partial charge in [-0.25, -0.2) is 4.79 Å². The molecule has 0 bridgehead atoms. The number of carbonyl (C=O) groups is 2. The molecule has 5 nitrogen and oxygen atoms in total. The molecule has 0 radical (unpaired) electrons. The summed E-state index contributed by atoms with van der Waals surface area (Å²) in [6, 6.07) is 10.0. The Balaban J connectivity index is 1.24. The number of rotatable bonds is 4. The van der Waals surface area contributed by atoms with E-state index in [9.17, 15) is 9.59 Å². The van der Waals surface area contributed by atoms with Crippen LogP contribution in [0.3, 0.4) is 0 Å². The fourth-order valence-electron chi connectivity index (χ4n) is 5.40. The number of urea groups is 1. The molecule has 0 aromatic heterocycles. The Morgan fingerprint density at radius 1 is 0.963 bits per heavy atom. The second kappa shape index (κ2) is 6.93. The summed E-state index contributed by atoms with van der Waals surface area (Å²) in [6.07, 6.45) is 7.63. The zero-order chi connectivity index (χ0) is 18.4. The lowest BCUT2D eigenvalue weighted by atomic mass is 9.88. The second-order valence-corrected chi connectivity index (χ2v) is 8.78. The molecule has 2 saturated heterocycles. The van der Waals surface area contributed by atoms with Gasteiger partial charge >= 0.3 is 6.03 Å². The normalized spacial score (nSPS) is 32.1. The molecule has 27 heavy (non-hydrogen) atoms. The van der Waals surface area contributed by atoms with E-state index in [1.54, 1.807) is 4.90 Å². The number of fused-ring (bicyclic) bond motifs is 1. The van der Waals surface area contributed by atoms with Gasteiger partial charge in [0, 0.05) is 38.1 Å². The average Bonchev–Trinajstić information content (AvgIpc) is 3.45. The van der Waals surface area contributed by atoms with Crippen molar-refractivity contribution in [3.05, 3.63) is 35.9 Å². The van der Waals surface area contributed by atoms with E-state index in [-0.39, 0.29) is 24.0 Å². The van der Waals surface area contributed by atoms with Crippen molar-refractivity contribution in [3.8, 4) is 0 Å². The van der Waals surface area contributed by atoms with Crippen LogP contribution in [0.5, 0.6) is 0 Å². The van der Waals surface area contributed by atoms with E-state index in [1.807, 2.05) is 23.1 Å². The number of hydrogen-bond acceptors (Lipinski definition) is 3. The van der Waals surface area contributed by atoms with Crippen LogP contribution in [0, 0.1) is 5.92 Å². The monoisotopic (exact) mass is 367 g/mol. The van der Waals surface area contributed by atoms with E-state index in [2.05, 4.69) is 17.0 Å². The Labute approximate surface area is 161 Å². The molecule has 0 N–H and O–H groups in total. The quantitative estimate of drug-likeness (QED) is 0.768. The van der Waals surface area contributed by atoms with Crippen LogP contribution < -0.4 is 0 Å². The number of hydrogen-bond donors (Lipinski definition) is 0. The third-order valence-corrected chi connectivity index (χ3v) is 7.00. The number of carbonyl (C=O) groups excluding carboxylic acids is 2. The molecule has 0 spiro atoms. The fourth-order valence-corrected chi connectivity index (χ4v) is 5.40. The molecule has 2 heterocycles. The number of imide groups is 1. The van der Waals surface area contributed by atoms with Gasteiger partial charge in [-0.3, -0.25) is 14.6 Å². The first-order chi connectivity index (χ1) is 13.2. The van der Waals surface area contributed by atoms with Crippen LogP contribution >= 0.6 is 0 Å². The van der Waals surface area contributed by atoms with Gasteiger partial charge in [-0.15, -0.1) is 0 Å². The van der Waals surface area contributed by atoms with Crippen molar-refractivity contribution < 1.29 is 9.59 Å². The van der Waals surface area contributed by atoms with Gasteiger partial charge in [0.15, 0.2) is 0 Å². The third-order valence-electron chi connectivity index (χ3n) is 7.00. The van der Waals surface area contributed by atoms with Crippen LogP contribution in [0.1, 0.15) is 50.0 Å². The minimum absolute atomic E-state index is 0.0387. The Morgan fingerprint density at radius 3 is 2.52 bits per heavy atom. The van der Waals surface area contributed by atoms with Crippen LogP contribution in [0.25, 0.3) is 0 Å². The molecule has 2 aliphatic carbocycles. The molecule has 5 heteroatoms. The highest BCUT2D eigenvalue weighted by atomic mass is 16.2. The molecular formula is C22H29N3O2. The maximum Gasteiger partial charge on any atom is 0.327 e. The first kappa shape index (κ1) is 17.2. The molecule has 2 saturated carbocycles. The Hall–Kier alpha value is -1.88. The highest BCUT2D eigenvalue weighted by molar-refractivity contribution is 6.05. The lowest BCUT2D eigenvalue weighted by Gasteiger charge is -2.37. The van der Waals surface area contributed by atoms with E-state index < -0.39 is 0 Å². The Morgan fingerprint density at radius 2 is 1.74 bits per heavy atom. The van der Waals surface area contributed by atoms with Crippen LogP contribution in [0.4, 0.5) is 4.79 Å². The first-order valence-corrected chi connectivity index (χ1v) is 10.6. The minimum atomic E-state index is -0.258. The Bertz CT molecular complexity index is 716. The van der Waals surface area contributed by atoms with Gasteiger partial charge in [0.05, 0.1) is 0 Å². The third kappa shape index (κ3) is 3.16. The van der Waals surface area contributed by atoms with Crippen LogP contribution in [-0.4, -0.2) is 64.9 Å².